The SMILES string of the molecule is COC(=O)CNC(=O)CSc1nc2ccc([N+](=O)[O-])cc2s1. The number of carbonyl (C=O) groups is 2. The van der Waals surface area contributed by atoms with Gasteiger partial charge in [-0.2, -0.15) is 0 Å². The number of thioether (sulfide) groups is 1. The second kappa shape index (κ2) is 7.18. The third kappa shape index (κ3) is 4.15. The molecule has 0 radical (unpaired) electrons. The normalized spacial score (nSPS) is 10.4. The van der Waals surface area contributed by atoms with Crippen LogP contribution in [-0.2, 0) is 14.3 Å². The van der Waals surface area contributed by atoms with Gasteiger partial charge in [-0.1, -0.05) is 11.8 Å². The Labute approximate surface area is 133 Å². The van der Waals surface area contributed by atoms with Crippen molar-refractivity contribution in [3.63, 3.8) is 0 Å². The highest BCUT2D eigenvalue weighted by molar-refractivity contribution is 8.01. The lowest BCUT2D eigenvalue weighted by molar-refractivity contribution is -0.384. The van der Waals surface area contributed by atoms with Crippen LogP contribution in [0.15, 0.2) is 22.5 Å². The van der Waals surface area contributed by atoms with E-state index in [9.17, 15) is 19.7 Å². The van der Waals surface area contributed by atoms with Gasteiger partial charge in [0, 0.05) is 12.1 Å². The van der Waals surface area contributed by atoms with Crippen molar-refractivity contribution in [1.82, 2.24) is 10.3 Å². The van der Waals surface area contributed by atoms with Gasteiger partial charge >= 0.3 is 5.97 Å². The minimum Gasteiger partial charge on any atom is -0.468 e. The summed E-state index contributed by atoms with van der Waals surface area (Å²) in [6, 6.07) is 4.42. The summed E-state index contributed by atoms with van der Waals surface area (Å²) >= 11 is 2.48. The van der Waals surface area contributed by atoms with E-state index in [1.807, 2.05) is 0 Å². The molecule has 0 aliphatic heterocycles. The molecular weight excluding hydrogens is 330 g/mol. The molecule has 2 aromatic rings. The Morgan fingerprint density at radius 1 is 1.50 bits per heavy atom. The Bertz CT molecular complexity index is 731. The van der Waals surface area contributed by atoms with Gasteiger partial charge in [0.1, 0.15) is 6.54 Å². The van der Waals surface area contributed by atoms with E-state index in [4.69, 9.17) is 0 Å². The average molecular weight is 341 g/mol. The molecule has 1 aromatic carbocycles. The van der Waals surface area contributed by atoms with E-state index in [0.717, 1.165) is 0 Å². The standard InChI is InChI=1S/C12H11N3O5S2/c1-20-11(17)5-13-10(16)6-21-12-14-8-3-2-7(15(18)19)4-9(8)22-12/h2-4H,5-6H2,1H3,(H,13,16). The lowest BCUT2D eigenvalue weighted by atomic mass is 10.3. The van der Waals surface area contributed by atoms with Gasteiger partial charge in [-0.05, 0) is 6.07 Å². The van der Waals surface area contributed by atoms with E-state index in [1.165, 1.54) is 42.3 Å². The number of carbonyl (C=O) groups excluding carboxylic acids is 2. The molecule has 0 bridgehead atoms. The molecular formula is C12H11N3O5S2. The van der Waals surface area contributed by atoms with Crippen LogP contribution in [0.4, 0.5) is 5.69 Å². The molecule has 0 aliphatic rings. The van der Waals surface area contributed by atoms with Crippen LogP contribution >= 0.6 is 23.1 Å². The topological polar surface area (TPSA) is 111 Å². The summed E-state index contributed by atoms with van der Waals surface area (Å²) in [7, 11) is 1.24. The fraction of sp³-hybridized carbons (Fsp3) is 0.250. The zero-order valence-corrected chi connectivity index (χ0v) is 13.0. The first-order chi connectivity index (χ1) is 10.5. The van der Waals surface area contributed by atoms with Crippen molar-refractivity contribution in [2.24, 2.45) is 0 Å². The zero-order chi connectivity index (χ0) is 16.1. The Balaban J connectivity index is 1.96. The molecule has 0 spiro atoms. The summed E-state index contributed by atoms with van der Waals surface area (Å²) in [5.41, 5.74) is 0.650. The third-order valence-corrected chi connectivity index (χ3v) is 4.71. The number of non-ortho nitro benzene ring substituents is 1. The quantitative estimate of drug-likeness (QED) is 0.367. The molecule has 0 unspecified atom stereocenters. The van der Waals surface area contributed by atoms with Gasteiger partial charge in [-0.3, -0.25) is 19.7 Å². The fourth-order valence-corrected chi connectivity index (χ4v) is 3.42. The van der Waals surface area contributed by atoms with Crippen molar-refractivity contribution < 1.29 is 19.2 Å². The lowest BCUT2D eigenvalue weighted by Gasteiger charge is -2.01. The van der Waals surface area contributed by atoms with Crippen molar-refractivity contribution in [2.75, 3.05) is 19.4 Å². The van der Waals surface area contributed by atoms with Crippen LogP contribution in [0.3, 0.4) is 0 Å². The van der Waals surface area contributed by atoms with E-state index in [1.54, 1.807) is 6.07 Å². The van der Waals surface area contributed by atoms with Crippen LogP contribution in [0.2, 0.25) is 0 Å². The number of esters is 1. The smallest absolute Gasteiger partial charge is 0.325 e. The summed E-state index contributed by atoms with van der Waals surface area (Å²) in [5, 5.41) is 13.1. The number of amides is 1. The molecule has 1 N–H and O–H groups in total. The molecule has 0 atom stereocenters. The summed E-state index contributed by atoms with van der Waals surface area (Å²) < 4.78 is 5.72. The van der Waals surface area contributed by atoms with Crippen LogP contribution < -0.4 is 5.32 Å². The number of methoxy groups -OCH3 is 1. The van der Waals surface area contributed by atoms with E-state index in [0.29, 0.717) is 14.6 Å². The first-order valence-electron chi connectivity index (χ1n) is 6.01. The maximum absolute atomic E-state index is 11.5. The molecule has 8 nitrogen and oxygen atoms in total. The average Bonchev–Trinajstić information content (AvgIpc) is 2.92. The lowest BCUT2D eigenvalue weighted by Crippen LogP contribution is -2.31. The van der Waals surface area contributed by atoms with Crippen LogP contribution in [0.5, 0.6) is 0 Å². The van der Waals surface area contributed by atoms with Gasteiger partial charge < -0.3 is 10.1 Å². The number of nitrogens with zero attached hydrogens (tertiary/aromatic N) is 2. The van der Waals surface area contributed by atoms with Gasteiger partial charge in [0.15, 0.2) is 4.34 Å². The molecule has 0 saturated heterocycles. The first-order valence-corrected chi connectivity index (χ1v) is 7.81. The van der Waals surface area contributed by atoms with Crippen LogP contribution in [0.25, 0.3) is 10.2 Å². The van der Waals surface area contributed by atoms with Crippen LogP contribution in [0, 0.1) is 10.1 Å². The Morgan fingerprint density at radius 3 is 2.95 bits per heavy atom. The molecule has 22 heavy (non-hydrogen) atoms. The van der Waals surface area contributed by atoms with Crippen molar-refractivity contribution in [1.29, 1.82) is 0 Å². The largest absolute Gasteiger partial charge is 0.468 e. The molecule has 0 aliphatic carbocycles. The molecule has 0 fully saturated rings. The van der Waals surface area contributed by atoms with Gasteiger partial charge in [0.25, 0.3) is 5.69 Å². The predicted molar refractivity (Wildman–Crippen MR) is 82.0 cm³/mol. The number of rotatable bonds is 6. The van der Waals surface area contributed by atoms with Gasteiger partial charge in [-0.25, -0.2) is 4.98 Å². The minimum atomic E-state index is -0.523. The highest BCUT2D eigenvalue weighted by Crippen LogP contribution is 2.31. The number of aromatic nitrogens is 1. The first kappa shape index (κ1) is 16.2. The van der Waals surface area contributed by atoms with Gasteiger partial charge in [0.2, 0.25) is 5.91 Å². The molecule has 1 amide bonds. The number of hydrogen-bond donors (Lipinski definition) is 1. The third-order valence-electron chi connectivity index (χ3n) is 2.55. The maximum Gasteiger partial charge on any atom is 0.325 e. The van der Waals surface area contributed by atoms with Crippen LogP contribution in [0.1, 0.15) is 0 Å². The number of fused-ring (bicyclic) bond motifs is 1. The number of thiazole rings is 1. The highest BCUT2D eigenvalue weighted by atomic mass is 32.2. The van der Waals surface area contributed by atoms with E-state index >= 15 is 0 Å². The molecule has 1 heterocycles. The molecule has 10 heteroatoms. The predicted octanol–water partition coefficient (Wildman–Crippen LogP) is 1.59. The number of nitro groups is 1. The fourth-order valence-electron chi connectivity index (χ4n) is 1.49. The number of benzene rings is 1. The van der Waals surface area contributed by atoms with E-state index in [-0.39, 0.29) is 23.9 Å². The summed E-state index contributed by atoms with van der Waals surface area (Å²) in [5.74, 6) is -0.745. The molecule has 0 saturated carbocycles. The number of ether oxygens (including phenoxy) is 1. The summed E-state index contributed by atoms with van der Waals surface area (Å²) in [6.07, 6.45) is 0. The highest BCUT2D eigenvalue weighted by Gasteiger charge is 2.12. The van der Waals surface area contributed by atoms with Crippen molar-refractivity contribution in [3.05, 3.63) is 28.3 Å². The molecule has 2 rings (SSSR count). The monoisotopic (exact) mass is 341 g/mol. The Kier molecular flexibility index (Phi) is 5.28. The van der Waals surface area contributed by atoms with Crippen molar-refractivity contribution in [3.8, 4) is 0 Å². The van der Waals surface area contributed by atoms with Crippen molar-refractivity contribution >= 4 is 50.9 Å². The minimum absolute atomic E-state index is 0.00326. The Morgan fingerprint density at radius 2 is 2.27 bits per heavy atom. The van der Waals surface area contributed by atoms with Gasteiger partial charge in [0.05, 0.1) is 28.0 Å². The van der Waals surface area contributed by atoms with E-state index < -0.39 is 10.9 Å². The maximum atomic E-state index is 11.5. The Hall–Kier alpha value is -2.20. The summed E-state index contributed by atoms with van der Waals surface area (Å²) in [6.45, 7) is -0.179. The van der Waals surface area contributed by atoms with Crippen molar-refractivity contribution in [2.45, 2.75) is 4.34 Å². The van der Waals surface area contributed by atoms with Gasteiger partial charge in [-0.15, -0.1) is 11.3 Å². The number of nitro benzene ring substituents is 1. The molecule has 116 valence electrons. The zero-order valence-electron chi connectivity index (χ0n) is 11.4. The summed E-state index contributed by atoms with van der Waals surface area (Å²) in [4.78, 5) is 37.0. The second-order valence-electron chi connectivity index (χ2n) is 4.03. The van der Waals surface area contributed by atoms with Crippen LogP contribution in [-0.4, -0.2) is 41.2 Å². The second-order valence-corrected chi connectivity index (χ2v) is 6.28. The molecule has 1 aromatic heterocycles. The van der Waals surface area contributed by atoms with E-state index in [2.05, 4.69) is 15.0 Å². The number of hydrogen-bond acceptors (Lipinski definition) is 8. The number of nitrogens with one attached hydrogen (secondary N) is 1.